The molecule has 0 aliphatic carbocycles. The standard InChI is InChI=1S/C6H13NO2/c7-6(2-1-3-8)4-9-5-6/h8H,1-5,7H2. The minimum Gasteiger partial charge on any atom is -0.396 e. The monoisotopic (exact) mass is 131 g/mol. The van der Waals surface area contributed by atoms with Crippen LogP contribution in [-0.2, 0) is 4.74 Å². The Labute approximate surface area is 54.8 Å². The molecule has 1 aliphatic heterocycles. The van der Waals surface area contributed by atoms with Crippen molar-refractivity contribution in [1.82, 2.24) is 0 Å². The fraction of sp³-hybridized carbons (Fsp3) is 1.00. The zero-order valence-corrected chi connectivity index (χ0v) is 5.47. The molecule has 1 fully saturated rings. The molecular formula is C6H13NO2. The molecule has 0 unspecified atom stereocenters. The van der Waals surface area contributed by atoms with Gasteiger partial charge < -0.3 is 15.6 Å². The molecule has 3 heteroatoms. The van der Waals surface area contributed by atoms with Crippen LogP contribution in [0.15, 0.2) is 0 Å². The van der Waals surface area contributed by atoms with E-state index in [1.54, 1.807) is 0 Å². The molecule has 3 N–H and O–H groups in total. The lowest BCUT2D eigenvalue weighted by atomic mass is 9.93. The molecule has 0 aromatic heterocycles. The van der Waals surface area contributed by atoms with Crippen LogP contribution in [0.2, 0.25) is 0 Å². The van der Waals surface area contributed by atoms with E-state index in [-0.39, 0.29) is 12.1 Å². The molecule has 0 saturated carbocycles. The average molecular weight is 131 g/mol. The summed E-state index contributed by atoms with van der Waals surface area (Å²) in [5, 5.41) is 8.45. The molecule has 1 aliphatic rings. The highest BCUT2D eigenvalue weighted by atomic mass is 16.5. The summed E-state index contributed by atoms with van der Waals surface area (Å²) in [7, 11) is 0. The van der Waals surface area contributed by atoms with Gasteiger partial charge in [0.2, 0.25) is 0 Å². The molecule has 3 nitrogen and oxygen atoms in total. The summed E-state index contributed by atoms with van der Waals surface area (Å²) in [6, 6.07) is 0. The first-order chi connectivity index (χ1) is 4.27. The van der Waals surface area contributed by atoms with E-state index in [9.17, 15) is 0 Å². The quantitative estimate of drug-likeness (QED) is 0.542. The first-order valence-electron chi connectivity index (χ1n) is 3.24. The van der Waals surface area contributed by atoms with E-state index < -0.39 is 0 Å². The molecular weight excluding hydrogens is 118 g/mol. The fourth-order valence-corrected chi connectivity index (χ4v) is 0.940. The van der Waals surface area contributed by atoms with Gasteiger partial charge in [0.05, 0.1) is 18.8 Å². The molecule has 0 amide bonds. The lowest BCUT2D eigenvalue weighted by Gasteiger charge is -2.37. The predicted octanol–water partition coefficient (Wildman–Crippen LogP) is -0.513. The van der Waals surface area contributed by atoms with Crippen LogP contribution in [0, 0.1) is 0 Å². The van der Waals surface area contributed by atoms with Gasteiger partial charge in [0.15, 0.2) is 0 Å². The number of aliphatic hydroxyl groups excluding tert-OH is 1. The third-order valence-corrected chi connectivity index (χ3v) is 1.61. The lowest BCUT2D eigenvalue weighted by Crippen LogP contribution is -2.57. The van der Waals surface area contributed by atoms with Crippen molar-refractivity contribution >= 4 is 0 Å². The molecule has 54 valence electrons. The van der Waals surface area contributed by atoms with Crippen molar-refractivity contribution in [2.75, 3.05) is 19.8 Å². The molecule has 0 spiro atoms. The van der Waals surface area contributed by atoms with Crippen LogP contribution in [0.3, 0.4) is 0 Å². The van der Waals surface area contributed by atoms with Gasteiger partial charge in [-0.3, -0.25) is 0 Å². The molecule has 0 aromatic rings. The third-order valence-electron chi connectivity index (χ3n) is 1.61. The second-order valence-electron chi connectivity index (χ2n) is 2.68. The van der Waals surface area contributed by atoms with Crippen molar-refractivity contribution in [3.8, 4) is 0 Å². The van der Waals surface area contributed by atoms with Crippen LogP contribution in [0.1, 0.15) is 12.8 Å². The number of ether oxygens (including phenoxy) is 1. The van der Waals surface area contributed by atoms with E-state index in [2.05, 4.69) is 0 Å². The summed E-state index contributed by atoms with van der Waals surface area (Å²) in [5.41, 5.74) is 5.64. The molecule has 0 atom stereocenters. The van der Waals surface area contributed by atoms with E-state index in [0.717, 1.165) is 12.8 Å². The van der Waals surface area contributed by atoms with Gasteiger partial charge in [0.1, 0.15) is 0 Å². The van der Waals surface area contributed by atoms with Crippen molar-refractivity contribution in [2.24, 2.45) is 5.73 Å². The van der Waals surface area contributed by atoms with Crippen molar-refractivity contribution in [3.05, 3.63) is 0 Å². The van der Waals surface area contributed by atoms with E-state index in [4.69, 9.17) is 15.6 Å². The number of hydrogen-bond acceptors (Lipinski definition) is 3. The Morgan fingerprint density at radius 3 is 2.56 bits per heavy atom. The van der Waals surface area contributed by atoms with Crippen LogP contribution in [0.4, 0.5) is 0 Å². The van der Waals surface area contributed by atoms with Crippen LogP contribution in [-0.4, -0.2) is 30.5 Å². The van der Waals surface area contributed by atoms with Gasteiger partial charge in [-0.05, 0) is 12.8 Å². The summed E-state index contributed by atoms with van der Waals surface area (Å²) >= 11 is 0. The van der Waals surface area contributed by atoms with Gasteiger partial charge in [0.25, 0.3) is 0 Å². The summed E-state index contributed by atoms with van der Waals surface area (Å²) in [6.45, 7) is 1.55. The van der Waals surface area contributed by atoms with Crippen molar-refractivity contribution in [3.63, 3.8) is 0 Å². The van der Waals surface area contributed by atoms with E-state index in [0.29, 0.717) is 13.2 Å². The maximum atomic E-state index is 8.45. The Kier molecular flexibility index (Phi) is 2.05. The molecule has 9 heavy (non-hydrogen) atoms. The summed E-state index contributed by atoms with van der Waals surface area (Å²) in [5.74, 6) is 0. The van der Waals surface area contributed by atoms with Crippen LogP contribution >= 0.6 is 0 Å². The van der Waals surface area contributed by atoms with E-state index in [1.165, 1.54) is 0 Å². The Bertz CT molecular complexity index is 91.1. The van der Waals surface area contributed by atoms with Gasteiger partial charge >= 0.3 is 0 Å². The number of nitrogens with two attached hydrogens (primary N) is 1. The third kappa shape index (κ3) is 1.64. The first-order valence-corrected chi connectivity index (χ1v) is 3.24. The topological polar surface area (TPSA) is 55.5 Å². The second kappa shape index (κ2) is 2.64. The normalized spacial score (nSPS) is 23.3. The molecule has 1 rings (SSSR count). The van der Waals surface area contributed by atoms with Gasteiger partial charge in [-0.1, -0.05) is 0 Å². The molecule has 1 heterocycles. The van der Waals surface area contributed by atoms with Gasteiger partial charge in [-0.2, -0.15) is 0 Å². The zero-order chi connectivity index (χ0) is 6.74. The lowest BCUT2D eigenvalue weighted by molar-refractivity contribution is -0.0593. The smallest absolute Gasteiger partial charge is 0.0669 e. The van der Waals surface area contributed by atoms with E-state index in [1.807, 2.05) is 0 Å². The largest absolute Gasteiger partial charge is 0.396 e. The van der Waals surface area contributed by atoms with Gasteiger partial charge in [-0.25, -0.2) is 0 Å². The first kappa shape index (κ1) is 6.99. The Balaban J connectivity index is 2.09. The zero-order valence-electron chi connectivity index (χ0n) is 5.47. The van der Waals surface area contributed by atoms with Crippen LogP contribution in [0.25, 0.3) is 0 Å². The molecule has 0 bridgehead atoms. The van der Waals surface area contributed by atoms with Crippen molar-refractivity contribution in [1.29, 1.82) is 0 Å². The van der Waals surface area contributed by atoms with E-state index >= 15 is 0 Å². The molecule has 1 saturated heterocycles. The SMILES string of the molecule is NC1(CCCO)COC1. The molecule has 0 aromatic carbocycles. The number of rotatable bonds is 3. The summed E-state index contributed by atoms with van der Waals surface area (Å²) < 4.78 is 4.93. The minimum atomic E-state index is -0.108. The maximum Gasteiger partial charge on any atom is 0.0669 e. The fourth-order valence-electron chi connectivity index (χ4n) is 0.940. The van der Waals surface area contributed by atoms with Crippen molar-refractivity contribution in [2.45, 2.75) is 18.4 Å². The van der Waals surface area contributed by atoms with Gasteiger partial charge in [0, 0.05) is 6.61 Å². The summed E-state index contributed by atoms with van der Waals surface area (Å²) in [6.07, 6.45) is 1.67. The number of hydrogen-bond donors (Lipinski definition) is 2. The average Bonchev–Trinajstić information content (AvgIpc) is 1.79. The van der Waals surface area contributed by atoms with Crippen LogP contribution < -0.4 is 5.73 Å². The number of aliphatic hydroxyl groups is 1. The highest BCUT2D eigenvalue weighted by molar-refractivity contribution is 4.89. The Hall–Kier alpha value is -0.120. The van der Waals surface area contributed by atoms with Gasteiger partial charge in [-0.15, -0.1) is 0 Å². The van der Waals surface area contributed by atoms with Crippen LogP contribution in [0.5, 0.6) is 0 Å². The highest BCUT2D eigenvalue weighted by Crippen LogP contribution is 2.18. The maximum absolute atomic E-state index is 8.45. The Morgan fingerprint density at radius 2 is 2.22 bits per heavy atom. The highest BCUT2D eigenvalue weighted by Gasteiger charge is 2.32. The molecule has 0 radical (unpaired) electrons. The minimum absolute atomic E-state index is 0.108. The second-order valence-corrected chi connectivity index (χ2v) is 2.68. The predicted molar refractivity (Wildman–Crippen MR) is 34.1 cm³/mol. The van der Waals surface area contributed by atoms with Crippen molar-refractivity contribution < 1.29 is 9.84 Å². The summed E-state index contributed by atoms with van der Waals surface area (Å²) in [4.78, 5) is 0. The Morgan fingerprint density at radius 1 is 1.56 bits per heavy atom.